The summed E-state index contributed by atoms with van der Waals surface area (Å²) in [7, 11) is 1.88. The molecule has 0 saturated carbocycles. The molecule has 0 N–H and O–H groups in total. The molecule has 1 aliphatic heterocycles. The third kappa shape index (κ3) is 1.48. The molecule has 2 rings (SSSR count). The van der Waals surface area contributed by atoms with Crippen molar-refractivity contribution in [2.45, 2.75) is 0 Å². The van der Waals surface area contributed by atoms with Crippen molar-refractivity contribution in [3.05, 3.63) is 34.6 Å². The number of aliphatic imine (C=N–C) groups is 1. The lowest BCUT2D eigenvalue weighted by Gasteiger charge is -2.15. The van der Waals surface area contributed by atoms with E-state index in [0.29, 0.717) is 23.0 Å². The van der Waals surface area contributed by atoms with Crippen molar-refractivity contribution < 1.29 is 4.39 Å². The van der Waals surface area contributed by atoms with Crippen molar-refractivity contribution in [2.24, 2.45) is 4.99 Å². The van der Waals surface area contributed by atoms with Gasteiger partial charge in [-0.25, -0.2) is 4.39 Å². The first-order valence-corrected chi connectivity index (χ1v) is 4.78. The molecule has 0 radical (unpaired) electrons. The molecule has 0 bridgehead atoms. The topological polar surface area (TPSA) is 15.6 Å². The third-order valence-electron chi connectivity index (χ3n) is 2.24. The standard InChI is InChI=1S/C10H10ClFN2/c1-14-6-5-13-10(14)9-7(11)3-2-4-8(9)12/h2-4H,5-6H2,1H3. The molecular weight excluding hydrogens is 203 g/mol. The summed E-state index contributed by atoms with van der Waals surface area (Å²) in [6, 6.07) is 4.67. The van der Waals surface area contributed by atoms with E-state index in [4.69, 9.17) is 11.6 Å². The minimum atomic E-state index is -0.315. The lowest BCUT2D eigenvalue weighted by molar-refractivity contribution is 0.550. The van der Waals surface area contributed by atoms with E-state index in [2.05, 4.69) is 4.99 Å². The molecule has 1 heterocycles. The summed E-state index contributed by atoms with van der Waals surface area (Å²) < 4.78 is 13.5. The van der Waals surface area contributed by atoms with Crippen LogP contribution in [-0.2, 0) is 0 Å². The molecule has 0 amide bonds. The number of amidine groups is 1. The second-order valence-electron chi connectivity index (χ2n) is 3.22. The van der Waals surface area contributed by atoms with Crippen LogP contribution in [0.5, 0.6) is 0 Å². The maximum Gasteiger partial charge on any atom is 0.135 e. The first-order valence-electron chi connectivity index (χ1n) is 4.40. The van der Waals surface area contributed by atoms with Gasteiger partial charge in [0.05, 0.1) is 17.1 Å². The second kappa shape index (κ2) is 3.58. The van der Waals surface area contributed by atoms with Crippen LogP contribution in [0, 0.1) is 5.82 Å². The van der Waals surface area contributed by atoms with Gasteiger partial charge in [0.2, 0.25) is 0 Å². The lowest BCUT2D eigenvalue weighted by atomic mass is 10.2. The first kappa shape index (κ1) is 9.46. The fourth-order valence-electron chi connectivity index (χ4n) is 1.51. The fourth-order valence-corrected chi connectivity index (χ4v) is 1.76. The van der Waals surface area contributed by atoms with Crippen LogP contribution >= 0.6 is 11.6 Å². The van der Waals surface area contributed by atoms with Crippen molar-refractivity contribution in [1.29, 1.82) is 0 Å². The van der Waals surface area contributed by atoms with Crippen molar-refractivity contribution in [3.63, 3.8) is 0 Å². The second-order valence-corrected chi connectivity index (χ2v) is 3.63. The molecule has 4 heteroatoms. The zero-order chi connectivity index (χ0) is 10.1. The predicted molar refractivity (Wildman–Crippen MR) is 55.4 cm³/mol. The molecule has 74 valence electrons. The summed E-state index contributed by atoms with van der Waals surface area (Å²) >= 11 is 5.93. The number of likely N-dealkylation sites (N-methyl/N-ethyl adjacent to an activating group) is 1. The van der Waals surface area contributed by atoms with E-state index < -0.39 is 0 Å². The molecule has 0 unspecified atom stereocenters. The summed E-state index contributed by atoms with van der Waals surface area (Å²) in [6.07, 6.45) is 0. The summed E-state index contributed by atoms with van der Waals surface area (Å²) in [6.45, 7) is 1.52. The molecule has 0 atom stereocenters. The molecular formula is C10H10ClFN2. The molecule has 2 nitrogen and oxygen atoms in total. The Labute approximate surface area is 87.0 Å². The number of hydrogen-bond donors (Lipinski definition) is 0. The minimum absolute atomic E-state index is 0.315. The fraction of sp³-hybridized carbons (Fsp3) is 0.300. The Hall–Kier alpha value is -1.09. The molecule has 0 aromatic heterocycles. The van der Waals surface area contributed by atoms with E-state index in [0.717, 1.165) is 6.54 Å². The summed E-state index contributed by atoms with van der Waals surface area (Å²) in [4.78, 5) is 6.13. The van der Waals surface area contributed by atoms with E-state index >= 15 is 0 Å². The average Bonchev–Trinajstić information content (AvgIpc) is 2.52. The number of halogens is 2. The van der Waals surface area contributed by atoms with Crippen LogP contribution in [0.25, 0.3) is 0 Å². The Kier molecular flexibility index (Phi) is 2.42. The van der Waals surface area contributed by atoms with Crippen molar-refractivity contribution >= 4 is 17.4 Å². The normalized spacial score (nSPS) is 15.9. The van der Waals surface area contributed by atoms with Crippen LogP contribution in [0.4, 0.5) is 4.39 Å². The van der Waals surface area contributed by atoms with Crippen LogP contribution in [0.2, 0.25) is 5.02 Å². The monoisotopic (exact) mass is 212 g/mol. The van der Waals surface area contributed by atoms with Crippen LogP contribution < -0.4 is 0 Å². The van der Waals surface area contributed by atoms with Crippen molar-refractivity contribution in [1.82, 2.24) is 4.90 Å². The number of rotatable bonds is 1. The van der Waals surface area contributed by atoms with Crippen LogP contribution in [-0.4, -0.2) is 30.9 Å². The van der Waals surface area contributed by atoms with E-state index in [1.807, 2.05) is 11.9 Å². The zero-order valence-corrected chi connectivity index (χ0v) is 8.55. The first-order chi connectivity index (χ1) is 6.70. The maximum absolute atomic E-state index is 13.5. The smallest absolute Gasteiger partial charge is 0.135 e. The highest BCUT2D eigenvalue weighted by molar-refractivity contribution is 6.34. The number of hydrogen-bond acceptors (Lipinski definition) is 2. The van der Waals surface area contributed by atoms with Gasteiger partial charge < -0.3 is 4.90 Å². The van der Waals surface area contributed by atoms with Crippen LogP contribution in [0.3, 0.4) is 0 Å². The van der Waals surface area contributed by atoms with Gasteiger partial charge in [0.1, 0.15) is 11.7 Å². The SMILES string of the molecule is CN1CCN=C1c1c(F)cccc1Cl. The third-order valence-corrected chi connectivity index (χ3v) is 2.56. The predicted octanol–water partition coefficient (Wildman–Crippen LogP) is 2.17. The van der Waals surface area contributed by atoms with Gasteiger partial charge in [-0.1, -0.05) is 17.7 Å². The van der Waals surface area contributed by atoms with Crippen LogP contribution in [0.1, 0.15) is 5.56 Å². The van der Waals surface area contributed by atoms with Gasteiger partial charge in [0.15, 0.2) is 0 Å². The van der Waals surface area contributed by atoms with Crippen molar-refractivity contribution in [2.75, 3.05) is 20.1 Å². The molecule has 0 spiro atoms. The largest absolute Gasteiger partial charge is 0.357 e. The summed E-state index contributed by atoms with van der Waals surface area (Å²) in [5, 5.41) is 0.414. The Morgan fingerprint density at radius 1 is 1.50 bits per heavy atom. The highest BCUT2D eigenvalue weighted by Crippen LogP contribution is 2.22. The quantitative estimate of drug-likeness (QED) is 0.697. The molecule has 1 aromatic carbocycles. The number of nitrogens with zero attached hydrogens (tertiary/aromatic N) is 2. The van der Waals surface area contributed by atoms with E-state index in [9.17, 15) is 4.39 Å². The number of benzene rings is 1. The molecule has 14 heavy (non-hydrogen) atoms. The summed E-state index contributed by atoms with van der Waals surface area (Å²) in [5.74, 6) is 0.332. The Bertz CT molecular complexity index is 369. The Morgan fingerprint density at radius 2 is 2.29 bits per heavy atom. The highest BCUT2D eigenvalue weighted by Gasteiger charge is 2.20. The minimum Gasteiger partial charge on any atom is -0.357 e. The van der Waals surface area contributed by atoms with E-state index in [-0.39, 0.29) is 5.82 Å². The summed E-state index contributed by atoms with van der Waals surface area (Å²) in [5.41, 5.74) is 0.411. The van der Waals surface area contributed by atoms with Gasteiger partial charge in [-0.05, 0) is 12.1 Å². The average molecular weight is 213 g/mol. The van der Waals surface area contributed by atoms with Gasteiger partial charge in [0, 0.05) is 13.6 Å². The Balaban J connectivity index is 2.50. The molecule has 0 saturated heterocycles. The van der Waals surface area contributed by atoms with E-state index in [1.165, 1.54) is 6.07 Å². The Morgan fingerprint density at radius 3 is 2.86 bits per heavy atom. The molecule has 0 aliphatic carbocycles. The maximum atomic E-state index is 13.5. The molecule has 1 aliphatic rings. The van der Waals surface area contributed by atoms with E-state index in [1.54, 1.807) is 12.1 Å². The molecule has 0 fully saturated rings. The lowest BCUT2D eigenvalue weighted by Crippen LogP contribution is -2.24. The van der Waals surface area contributed by atoms with Gasteiger partial charge in [0.25, 0.3) is 0 Å². The van der Waals surface area contributed by atoms with Crippen LogP contribution in [0.15, 0.2) is 23.2 Å². The molecule has 1 aromatic rings. The zero-order valence-electron chi connectivity index (χ0n) is 7.80. The van der Waals surface area contributed by atoms with Gasteiger partial charge in [-0.2, -0.15) is 0 Å². The van der Waals surface area contributed by atoms with Gasteiger partial charge >= 0.3 is 0 Å². The van der Waals surface area contributed by atoms with Gasteiger partial charge in [-0.15, -0.1) is 0 Å². The van der Waals surface area contributed by atoms with Gasteiger partial charge in [-0.3, -0.25) is 4.99 Å². The highest BCUT2D eigenvalue weighted by atomic mass is 35.5. The van der Waals surface area contributed by atoms with Crippen molar-refractivity contribution in [3.8, 4) is 0 Å².